The van der Waals surface area contributed by atoms with Gasteiger partial charge in [0.05, 0.1) is 6.61 Å². The molecule has 0 aliphatic carbocycles. The molecule has 1 amide bonds. The number of carbonyl (C=O) groups excluding carboxylic acids is 1. The summed E-state index contributed by atoms with van der Waals surface area (Å²) in [6.07, 6.45) is 2.68. The lowest BCUT2D eigenvalue weighted by molar-refractivity contribution is 0.0950. The van der Waals surface area contributed by atoms with Crippen LogP contribution in [-0.4, -0.2) is 29.1 Å². The first-order chi connectivity index (χ1) is 13.0. The van der Waals surface area contributed by atoms with Crippen LogP contribution in [0.5, 0.6) is 11.5 Å². The highest BCUT2D eigenvalue weighted by atomic mass is 32.2. The molecule has 1 N–H and O–H groups in total. The highest BCUT2D eigenvalue weighted by Gasteiger charge is 2.22. The number of hydrogen-bond donors (Lipinski definition) is 1. The van der Waals surface area contributed by atoms with Crippen LogP contribution in [0, 0.1) is 0 Å². The van der Waals surface area contributed by atoms with E-state index in [9.17, 15) is 9.00 Å². The molecule has 5 nitrogen and oxygen atoms in total. The van der Waals surface area contributed by atoms with Gasteiger partial charge in [0.1, 0.15) is 17.6 Å². The largest absolute Gasteiger partial charge is 0.494 e. The van der Waals surface area contributed by atoms with Gasteiger partial charge < -0.3 is 14.8 Å². The fraction of sp³-hybridized carbons (Fsp3) is 0.381. The second kappa shape index (κ2) is 8.57. The molecule has 0 unspecified atom stereocenters. The van der Waals surface area contributed by atoms with Gasteiger partial charge in [-0.3, -0.25) is 9.00 Å². The number of fused-ring (bicyclic) bond motifs is 1. The summed E-state index contributed by atoms with van der Waals surface area (Å²) in [6, 6.07) is 11.2. The molecule has 0 fully saturated rings. The molecule has 27 heavy (non-hydrogen) atoms. The molecule has 144 valence electrons. The molecule has 0 radical (unpaired) electrons. The molecule has 2 aromatic carbocycles. The van der Waals surface area contributed by atoms with E-state index in [1.54, 1.807) is 18.4 Å². The van der Waals surface area contributed by atoms with Crippen LogP contribution in [0.4, 0.5) is 0 Å². The first kappa shape index (κ1) is 19.4. The lowest BCUT2D eigenvalue weighted by Gasteiger charge is -2.13. The van der Waals surface area contributed by atoms with Crippen LogP contribution >= 0.6 is 0 Å². The minimum absolute atomic E-state index is 0.158. The molecular weight excluding hydrogens is 362 g/mol. The Morgan fingerprint density at radius 2 is 2.15 bits per heavy atom. The Morgan fingerprint density at radius 1 is 1.33 bits per heavy atom. The third-order valence-corrected chi connectivity index (χ3v) is 5.12. The van der Waals surface area contributed by atoms with Gasteiger partial charge in [-0.2, -0.15) is 0 Å². The van der Waals surface area contributed by atoms with Crippen LogP contribution < -0.4 is 14.8 Å². The molecule has 1 aliphatic rings. The third kappa shape index (κ3) is 4.89. The van der Waals surface area contributed by atoms with E-state index in [0.29, 0.717) is 24.5 Å². The van der Waals surface area contributed by atoms with Crippen molar-refractivity contribution >= 4 is 16.7 Å². The van der Waals surface area contributed by atoms with E-state index < -0.39 is 10.8 Å². The van der Waals surface area contributed by atoms with E-state index in [1.807, 2.05) is 38.1 Å². The SMILES string of the molecule is CCOc1cc2c(cc1CNC(=O)c1cccc(C[S@](C)=O)c1)O[C@H](C)C2. The fourth-order valence-electron chi connectivity index (χ4n) is 3.22. The van der Waals surface area contributed by atoms with Crippen LogP contribution in [0.25, 0.3) is 0 Å². The first-order valence-electron chi connectivity index (χ1n) is 9.08. The molecule has 1 heterocycles. The van der Waals surface area contributed by atoms with E-state index in [1.165, 1.54) is 0 Å². The maximum atomic E-state index is 12.6. The van der Waals surface area contributed by atoms with Crippen molar-refractivity contribution in [2.75, 3.05) is 12.9 Å². The Kier molecular flexibility index (Phi) is 6.16. The standard InChI is InChI=1S/C21H25NO4S/c1-4-25-19-10-17-8-14(2)26-20(17)11-18(19)12-22-21(23)16-7-5-6-15(9-16)13-27(3)24/h5-7,9-11,14H,4,8,12-13H2,1-3H3,(H,22,23)/t14-,27+/m1/s1. The van der Waals surface area contributed by atoms with Crippen molar-refractivity contribution in [1.29, 1.82) is 0 Å². The van der Waals surface area contributed by atoms with Crippen molar-refractivity contribution in [2.24, 2.45) is 0 Å². The maximum Gasteiger partial charge on any atom is 0.251 e. The topological polar surface area (TPSA) is 64.6 Å². The molecule has 1 aliphatic heterocycles. The number of amides is 1. The van der Waals surface area contributed by atoms with Crippen molar-refractivity contribution in [1.82, 2.24) is 5.32 Å². The zero-order chi connectivity index (χ0) is 19.4. The highest BCUT2D eigenvalue weighted by Crippen LogP contribution is 2.35. The fourth-order valence-corrected chi connectivity index (χ4v) is 3.87. The summed E-state index contributed by atoms with van der Waals surface area (Å²) in [6.45, 7) is 4.89. The van der Waals surface area contributed by atoms with Gasteiger partial charge in [0.2, 0.25) is 0 Å². The molecule has 0 aromatic heterocycles. The average molecular weight is 388 g/mol. The summed E-state index contributed by atoms with van der Waals surface area (Å²) in [5.41, 5.74) is 3.48. The Bertz CT molecular complexity index is 865. The van der Waals surface area contributed by atoms with Gasteiger partial charge in [0.15, 0.2) is 0 Å². The summed E-state index contributed by atoms with van der Waals surface area (Å²) in [5, 5.41) is 2.95. The van der Waals surface area contributed by atoms with Crippen molar-refractivity contribution < 1.29 is 18.5 Å². The average Bonchev–Trinajstić information content (AvgIpc) is 2.98. The minimum Gasteiger partial charge on any atom is -0.494 e. The number of carbonyl (C=O) groups is 1. The van der Waals surface area contributed by atoms with E-state index in [0.717, 1.165) is 34.6 Å². The molecule has 3 rings (SSSR count). The highest BCUT2D eigenvalue weighted by molar-refractivity contribution is 7.83. The van der Waals surface area contributed by atoms with Gasteiger partial charge in [-0.25, -0.2) is 0 Å². The summed E-state index contributed by atoms with van der Waals surface area (Å²) in [7, 11) is -0.942. The van der Waals surface area contributed by atoms with Crippen LogP contribution in [0.15, 0.2) is 36.4 Å². The molecule has 0 spiro atoms. The summed E-state index contributed by atoms with van der Waals surface area (Å²) >= 11 is 0. The lowest BCUT2D eigenvalue weighted by Crippen LogP contribution is -2.23. The Balaban J connectivity index is 1.73. The summed E-state index contributed by atoms with van der Waals surface area (Å²) < 4.78 is 23.0. The quantitative estimate of drug-likeness (QED) is 0.792. The Labute approximate surface area is 162 Å². The monoisotopic (exact) mass is 387 g/mol. The number of nitrogens with one attached hydrogen (secondary N) is 1. The lowest BCUT2D eigenvalue weighted by atomic mass is 10.1. The predicted octanol–water partition coefficient (Wildman–Crippen LogP) is 3.22. The smallest absolute Gasteiger partial charge is 0.251 e. The van der Waals surface area contributed by atoms with Crippen molar-refractivity contribution in [3.63, 3.8) is 0 Å². The van der Waals surface area contributed by atoms with E-state index in [-0.39, 0.29) is 12.0 Å². The number of ether oxygens (including phenoxy) is 2. The number of hydrogen-bond acceptors (Lipinski definition) is 4. The van der Waals surface area contributed by atoms with Crippen LogP contribution in [0.1, 0.15) is 40.9 Å². The van der Waals surface area contributed by atoms with Gasteiger partial charge in [-0.1, -0.05) is 12.1 Å². The van der Waals surface area contributed by atoms with Crippen molar-refractivity contribution in [3.8, 4) is 11.5 Å². The first-order valence-corrected chi connectivity index (χ1v) is 10.8. The van der Waals surface area contributed by atoms with Gasteiger partial charge in [0.25, 0.3) is 5.91 Å². The predicted molar refractivity (Wildman–Crippen MR) is 107 cm³/mol. The molecular formula is C21H25NO4S. The zero-order valence-corrected chi connectivity index (χ0v) is 16.7. The second-order valence-electron chi connectivity index (χ2n) is 6.73. The normalized spacial score (nSPS) is 16.3. The van der Waals surface area contributed by atoms with E-state index in [2.05, 4.69) is 5.32 Å². The molecule has 0 bridgehead atoms. The van der Waals surface area contributed by atoms with Gasteiger partial charge >= 0.3 is 0 Å². The third-order valence-electron chi connectivity index (χ3n) is 4.38. The molecule has 2 aromatic rings. The molecule has 0 saturated heterocycles. The zero-order valence-electron chi connectivity index (χ0n) is 15.9. The number of benzene rings is 2. The molecule has 6 heteroatoms. The van der Waals surface area contributed by atoms with Crippen LogP contribution in [-0.2, 0) is 29.5 Å². The van der Waals surface area contributed by atoms with Gasteiger partial charge in [-0.15, -0.1) is 0 Å². The second-order valence-corrected chi connectivity index (χ2v) is 8.17. The molecule has 2 atom stereocenters. The minimum atomic E-state index is -0.942. The van der Waals surface area contributed by atoms with Crippen molar-refractivity contribution in [2.45, 2.75) is 38.7 Å². The Hall–Kier alpha value is -2.34. The maximum absolute atomic E-state index is 12.6. The van der Waals surface area contributed by atoms with Crippen molar-refractivity contribution in [3.05, 3.63) is 58.7 Å². The number of rotatable bonds is 7. The van der Waals surface area contributed by atoms with Gasteiger partial charge in [0, 0.05) is 52.5 Å². The van der Waals surface area contributed by atoms with E-state index >= 15 is 0 Å². The summed E-state index contributed by atoms with van der Waals surface area (Å²) in [5.74, 6) is 1.92. The molecule has 0 saturated carbocycles. The summed E-state index contributed by atoms with van der Waals surface area (Å²) in [4.78, 5) is 12.6. The van der Waals surface area contributed by atoms with Crippen LogP contribution in [0.2, 0.25) is 0 Å². The van der Waals surface area contributed by atoms with Gasteiger partial charge in [-0.05, 0) is 43.7 Å². The van der Waals surface area contributed by atoms with E-state index in [4.69, 9.17) is 9.47 Å². The van der Waals surface area contributed by atoms with Crippen LogP contribution in [0.3, 0.4) is 0 Å². The Morgan fingerprint density at radius 3 is 2.89 bits per heavy atom.